The molecule has 2 heterocycles. The molecule has 23 heavy (non-hydrogen) atoms. The molecule has 0 atom stereocenters. The largest absolute Gasteiger partial charge is 0.435 e. The Kier molecular flexibility index (Phi) is 3.82. The second kappa shape index (κ2) is 5.67. The zero-order valence-electron chi connectivity index (χ0n) is 12.3. The first-order valence-corrected chi connectivity index (χ1v) is 7.26. The minimum Gasteiger partial charge on any atom is -0.289 e. The van der Waals surface area contributed by atoms with Crippen LogP contribution in [-0.4, -0.2) is 30.9 Å². The number of hydrogen-bond donors (Lipinski definition) is 2. The number of amides is 1. The molecule has 0 bridgehead atoms. The molecule has 0 radical (unpaired) electrons. The van der Waals surface area contributed by atoms with E-state index in [-0.39, 0.29) is 18.4 Å². The van der Waals surface area contributed by atoms with Gasteiger partial charge in [0.15, 0.2) is 5.69 Å². The summed E-state index contributed by atoms with van der Waals surface area (Å²) in [5.74, 6) is -0.0426. The van der Waals surface area contributed by atoms with Gasteiger partial charge in [0, 0.05) is 18.7 Å². The molecule has 124 valence electrons. The van der Waals surface area contributed by atoms with Gasteiger partial charge in [-0.05, 0) is 19.8 Å². The number of halogens is 3. The number of carbonyl (C=O) groups excluding carboxylic acids is 1. The number of anilines is 1. The van der Waals surface area contributed by atoms with E-state index in [0.717, 1.165) is 30.1 Å². The topological polar surface area (TPSA) is 88.5 Å². The van der Waals surface area contributed by atoms with Crippen LogP contribution in [0, 0.1) is 0 Å². The molecule has 3 rings (SSSR count). The average molecular weight is 328 g/mol. The SMILES string of the molecule is CCn1cc(C(=O)Nc2n[nH]c(C3CCC3)n2)c(C(F)(F)F)n1. The number of carbonyl (C=O) groups is 1. The number of aryl methyl sites for hydroxylation is 1. The zero-order chi connectivity index (χ0) is 16.6. The normalized spacial score (nSPS) is 15.5. The van der Waals surface area contributed by atoms with Crippen molar-refractivity contribution in [1.29, 1.82) is 0 Å². The summed E-state index contributed by atoms with van der Waals surface area (Å²) in [6.07, 6.45) is -0.548. The van der Waals surface area contributed by atoms with Crippen molar-refractivity contribution in [2.75, 3.05) is 5.32 Å². The highest BCUT2D eigenvalue weighted by atomic mass is 19.4. The Morgan fingerprint density at radius 3 is 2.78 bits per heavy atom. The predicted molar refractivity (Wildman–Crippen MR) is 73.8 cm³/mol. The van der Waals surface area contributed by atoms with E-state index in [1.165, 1.54) is 0 Å². The number of alkyl halides is 3. The molecule has 2 N–H and O–H groups in total. The predicted octanol–water partition coefficient (Wildman–Crippen LogP) is 2.56. The molecule has 1 aliphatic carbocycles. The second-order valence-corrected chi connectivity index (χ2v) is 5.37. The lowest BCUT2D eigenvalue weighted by atomic mass is 9.85. The van der Waals surface area contributed by atoms with Crippen LogP contribution in [0.2, 0.25) is 0 Å². The van der Waals surface area contributed by atoms with Gasteiger partial charge in [-0.2, -0.15) is 23.3 Å². The van der Waals surface area contributed by atoms with Gasteiger partial charge in [0.05, 0.1) is 5.56 Å². The van der Waals surface area contributed by atoms with Gasteiger partial charge in [-0.1, -0.05) is 6.42 Å². The summed E-state index contributed by atoms with van der Waals surface area (Å²) in [4.78, 5) is 16.2. The highest BCUT2D eigenvalue weighted by Crippen LogP contribution is 2.34. The summed E-state index contributed by atoms with van der Waals surface area (Å²) >= 11 is 0. The Morgan fingerprint density at radius 1 is 1.48 bits per heavy atom. The molecule has 2 aromatic heterocycles. The highest BCUT2D eigenvalue weighted by molar-refractivity contribution is 6.04. The lowest BCUT2D eigenvalue weighted by molar-refractivity contribution is -0.141. The summed E-state index contributed by atoms with van der Waals surface area (Å²) in [6, 6.07) is 0. The van der Waals surface area contributed by atoms with Crippen LogP contribution in [0.5, 0.6) is 0 Å². The van der Waals surface area contributed by atoms with Crippen LogP contribution in [0.15, 0.2) is 6.20 Å². The number of aromatic nitrogens is 5. The fourth-order valence-electron chi connectivity index (χ4n) is 2.32. The minimum absolute atomic E-state index is 0.0331. The van der Waals surface area contributed by atoms with Gasteiger partial charge in [-0.15, -0.1) is 5.10 Å². The lowest BCUT2D eigenvalue weighted by Gasteiger charge is -2.22. The Hall–Kier alpha value is -2.39. The minimum atomic E-state index is -4.71. The van der Waals surface area contributed by atoms with E-state index in [2.05, 4.69) is 25.6 Å². The number of rotatable bonds is 4. The van der Waals surface area contributed by atoms with E-state index < -0.39 is 23.3 Å². The van der Waals surface area contributed by atoms with Crippen LogP contribution in [0.1, 0.15) is 54.0 Å². The van der Waals surface area contributed by atoms with Crippen molar-refractivity contribution >= 4 is 11.9 Å². The summed E-state index contributed by atoms with van der Waals surface area (Å²) in [6.45, 7) is 1.86. The van der Waals surface area contributed by atoms with Crippen LogP contribution < -0.4 is 5.32 Å². The number of nitrogens with one attached hydrogen (secondary N) is 2. The summed E-state index contributed by atoms with van der Waals surface area (Å²) in [5, 5.41) is 12.2. The van der Waals surface area contributed by atoms with Crippen LogP contribution in [0.4, 0.5) is 19.1 Å². The number of hydrogen-bond acceptors (Lipinski definition) is 4. The first-order chi connectivity index (χ1) is 10.9. The first-order valence-electron chi connectivity index (χ1n) is 7.26. The molecular weight excluding hydrogens is 313 g/mol. The smallest absolute Gasteiger partial charge is 0.289 e. The van der Waals surface area contributed by atoms with E-state index in [1.54, 1.807) is 6.92 Å². The third kappa shape index (κ3) is 3.06. The fraction of sp³-hybridized carbons (Fsp3) is 0.538. The summed E-state index contributed by atoms with van der Waals surface area (Å²) < 4.78 is 40.0. The van der Waals surface area contributed by atoms with Gasteiger partial charge in [0.1, 0.15) is 5.82 Å². The van der Waals surface area contributed by atoms with Crippen molar-refractivity contribution in [3.05, 3.63) is 23.3 Å². The second-order valence-electron chi connectivity index (χ2n) is 5.37. The van der Waals surface area contributed by atoms with E-state index in [0.29, 0.717) is 5.82 Å². The average Bonchev–Trinajstić information content (AvgIpc) is 3.02. The van der Waals surface area contributed by atoms with Crippen molar-refractivity contribution in [1.82, 2.24) is 25.0 Å². The van der Waals surface area contributed by atoms with Crippen molar-refractivity contribution in [3.8, 4) is 0 Å². The van der Waals surface area contributed by atoms with Gasteiger partial charge < -0.3 is 0 Å². The molecule has 0 aromatic carbocycles. The Balaban J connectivity index is 1.80. The third-order valence-electron chi connectivity index (χ3n) is 3.82. The lowest BCUT2D eigenvalue weighted by Crippen LogP contribution is -2.18. The van der Waals surface area contributed by atoms with E-state index in [4.69, 9.17) is 0 Å². The van der Waals surface area contributed by atoms with Crippen LogP contribution >= 0.6 is 0 Å². The Bertz CT molecular complexity index is 716. The molecule has 1 fully saturated rings. The van der Waals surface area contributed by atoms with Gasteiger partial charge in [0.2, 0.25) is 5.95 Å². The summed E-state index contributed by atoms with van der Waals surface area (Å²) in [7, 11) is 0. The molecule has 2 aromatic rings. The fourth-order valence-corrected chi connectivity index (χ4v) is 2.32. The van der Waals surface area contributed by atoms with Gasteiger partial charge >= 0.3 is 6.18 Å². The first kappa shape index (κ1) is 15.5. The Labute approximate surface area is 129 Å². The monoisotopic (exact) mass is 328 g/mol. The highest BCUT2D eigenvalue weighted by Gasteiger charge is 2.39. The maximum absolute atomic E-state index is 13.0. The van der Waals surface area contributed by atoms with Crippen molar-refractivity contribution < 1.29 is 18.0 Å². The molecule has 7 nitrogen and oxygen atoms in total. The molecule has 1 saturated carbocycles. The van der Waals surface area contributed by atoms with Gasteiger partial charge in [-0.25, -0.2) is 0 Å². The zero-order valence-corrected chi connectivity index (χ0v) is 12.3. The van der Waals surface area contributed by atoms with Gasteiger partial charge in [0.25, 0.3) is 5.91 Å². The van der Waals surface area contributed by atoms with E-state index in [1.807, 2.05) is 0 Å². The number of nitrogens with zero attached hydrogens (tertiary/aromatic N) is 4. The standard InChI is InChI=1S/C13H15F3N6O/c1-2-22-6-8(9(21-22)13(14,15)16)11(23)18-12-17-10(19-20-12)7-4-3-5-7/h6-7H,2-5H2,1H3,(H2,17,18,19,20,23). The van der Waals surface area contributed by atoms with Crippen LogP contribution in [0.25, 0.3) is 0 Å². The molecule has 10 heteroatoms. The van der Waals surface area contributed by atoms with E-state index in [9.17, 15) is 18.0 Å². The third-order valence-corrected chi connectivity index (χ3v) is 3.82. The van der Waals surface area contributed by atoms with Crippen molar-refractivity contribution in [3.63, 3.8) is 0 Å². The molecule has 1 amide bonds. The number of H-pyrrole nitrogens is 1. The van der Waals surface area contributed by atoms with Crippen molar-refractivity contribution in [2.24, 2.45) is 0 Å². The quantitative estimate of drug-likeness (QED) is 0.903. The molecular formula is C13H15F3N6O. The number of aromatic amines is 1. The Morgan fingerprint density at radius 2 is 2.22 bits per heavy atom. The molecule has 1 aliphatic rings. The summed E-state index contributed by atoms with van der Waals surface area (Å²) in [5.41, 5.74) is -1.76. The van der Waals surface area contributed by atoms with E-state index >= 15 is 0 Å². The van der Waals surface area contributed by atoms with Gasteiger partial charge in [-0.3, -0.25) is 19.9 Å². The van der Waals surface area contributed by atoms with Crippen LogP contribution in [-0.2, 0) is 12.7 Å². The van der Waals surface area contributed by atoms with Crippen LogP contribution in [0.3, 0.4) is 0 Å². The molecule has 0 aliphatic heterocycles. The maximum Gasteiger partial charge on any atom is 0.435 e. The molecule has 0 unspecified atom stereocenters. The molecule has 0 spiro atoms. The maximum atomic E-state index is 13.0. The van der Waals surface area contributed by atoms with Crippen molar-refractivity contribution in [2.45, 2.75) is 44.8 Å². The molecule has 0 saturated heterocycles.